The Hall–Kier alpha value is -2.42. The van der Waals surface area contributed by atoms with Crippen LogP contribution in [0.5, 0.6) is 5.75 Å². The lowest BCUT2D eigenvalue weighted by molar-refractivity contribution is -0.138. The zero-order valence-corrected chi connectivity index (χ0v) is 19.3. The highest BCUT2D eigenvalue weighted by Crippen LogP contribution is 2.47. The van der Waals surface area contributed by atoms with Crippen LogP contribution in [-0.4, -0.2) is 87.3 Å². The summed E-state index contributed by atoms with van der Waals surface area (Å²) in [6.45, 7) is 4.33. The molecule has 0 bridgehead atoms. The second-order valence-corrected chi connectivity index (χ2v) is 9.17. The van der Waals surface area contributed by atoms with E-state index in [2.05, 4.69) is 4.90 Å². The summed E-state index contributed by atoms with van der Waals surface area (Å²) in [7, 11) is 3.31. The van der Waals surface area contributed by atoms with Gasteiger partial charge in [0.05, 0.1) is 44.0 Å². The van der Waals surface area contributed by atoms with Crippen LogP contribution in [-0.2, 0) is 23.8 Å². The van der Waals surface area contributed by atoms with Crippen molar-refractivity contribution in [2.75, 3.05) is 53.6 Å². The van der Waals surface area contributed by atoms with Crippen molar-refractivity contribution in [3.8, 4) is 5.75 Å². The van der Waals surface area contributed by atoms with Gasteiger partial charge in [0.25, 0.3) is 5.91 Å². The van der Waals surface area contributed by atoms with Crippen molar-refractivity contribution in [3.05, 3.63) is 41.2 Å². The maximum Gasteiger partial charge on any atom is 0.290 e. The monoisotopic (exact) mass is 456 g/mol. The Morgan fingerprint density at radius 2 is 1.91 bits per heavy atom. The first kappa shape index (κ1) is 22.4. The van der Waals surface area contributed by atoms with Gasteiger partial charge >= 0.3 is 0 Å². The number of carbonyl (C=O) groups excluding carboxylic acids is 2. The first-order valence-corrected chi connectivity index (χ1v) is 11.8. The third-order valence-electron chi connectivity index (χ3n) is 7.40. The lowest BCUT2D eigenvalue weighted by atomic mass is 9.76. The lowest BCUT2D eigenvalue weighted by Crippen LogP contribution is -2.43. The van der Waals surface area contributed by atoms with Gasteiger partial charge < -0.3 is 23.8 Å². The smallest absolute Gasteiger partial charge is 0.290 e. The summed E-state index contributed by atoms with van der Waals surface area (Å²) in [6.07, 6.45) is 1.93. The van der Waals surface area contributed by atoms with Gasteiger partial charge in [0.2, 0.25) is 0 Å². The molecule has 8 nitrogen and oxygen atoms in total. The number of amides is 1. The number of morpholine rings is 1. The Kier molecular flexibility index (Phi) is 6.40. The van der Waals surface area contributed by atoms with Crippen LogP contribution in [0.2, 0.25) is 0 Å². The first-order chi connectivity index (χ1) is 16.1. The van der Waals surface area contributed by atoms with Gasteiger partial charge in [-0.3, -0.25) is 14.5 Å². The zero-order chi connectivity index (χ0) is 22.9. The molecule has 178 valence electrons. The molecule has 1 saturated heterocycles. The number of benzene rings is 1. The molecule has 0 aromatic heterocycles. The minimum Gasteiger partial charge on any atom is -0.497 e. The number of fused-ring (bicyclic) bond motifs is 1. The standard InChI is InChI=1S/C25H32N2O6/c1-30-17-5-3-4-16(14-17)22-21-23(28)19-7-6-18(31-2)15-20(19)33-24(21)25(29)27(22)9-8-26-10-12-32-13-11-26/h3-5,14,18-20,22H,6-13,15H2,1-2H3. The Balaban J connectivity index is 1.47. The van der Waals surface area contributed by atoms with Gasteiger partial charge in [0.15, 0.2) is 11.5 Å². The SMILES string of the molecule is COc1cccc(C2C3=C(OC4CC(OC)CCC4C3=O)C(=O)N2CCN2CCOCC2)c1. The predicted molar refractivity (Wildman–Crippen MR) is 120 cm³/mol. The van der Waals surface area contributed by atoms with E-state index >= 15 is 0 Å². The third kappa shape index (κ3) is 4.16. The molecule has 2 fully saturated rings. The van der Waals surface area contributed by atoms with E-state index in [0.29, 0.717) is 43.9 Å². The number of Topliss-reactive ketones (excluding diaryl/α,β-unsaturated/α-hetero) is 1. The Bertz CT molecular complexity index is 941. The number of ether oxygens (including phenoxy) is 4. The number of nitrogens with zero attached hydrogens (tertiary/aromatic N) is 2. The summed E-state index contributed by atoms with van der Waals surface area (Å²) in [5.74, 6) is 0.552. The second-order valence-electron chi connectivity index (χ2n) is 9.17. The van der Waals surface area contributed by atoms with Crippen LogP contribution in [0.4, 0.5) is 0 Å². The fraction of sp³-hybridized carbons (Fsp3) is 0.600. The molecule has 1 aromatic rings. The number of hydrogen-bond donors (Lipinski definition) is 0. The number of methoxy groups -OCH3 is 2. The molecule has 8 heteroatoms. The summed E-state index contributed by atoms with van der Waals surface area (Å²) in [5.41, 5.74) is 1.38. The molecule has 0 radical (unpaired) electrons. The third-order valence-corrected chi connectivity index (χ3v) is 7.40. The van der Waals surface area contributed by atoms with Crippen molar-refractivity contribution >= 4 is 11.7 Å². The van der Waals surface area contributed by atoms with Gasteiger partial charge in [-0.25, -0.2) is 0 Å². The van der Waals surface area contributed by atoms with Crippen LogP contribution in [0.1, 0.15) is 30.9 Å². The number of ketones is 1. The maximum atomic E-state index is 13.8. The molecule has 1 amide bonds. The zero-order valence-electron chi connectivity index (χ0n) is 19.3. The van der Waals surface area contributed by atoms with E-state index in [-0.39, 0.29) is 35.6 Å². The van der Waals surface area contributed by atoms with Gasteiger partial charge in [-0.15, -0.1) is 0 Å². The van der Waals surface area contributed by atoms with E-state index in [9.17, 15) is 9.59 Å². The molecule has 33 heavy (non-hydrogen) atoms. The van der Waals surface area contributed by atoms with Gasteiger partial charge in [0.1, 0.15) is 11.9 Å². The molecular weight excluding hydrogens is 424 g/mol. The van der Waals surface area contributed by atoms with E-state index in [1.54, 1.807) is 19.1 Å². The summed E-state index contributed by atoms with van der Waals surface area (Å²) >= 11 is 0. The van der Waals surface area contributed by atoms with Crippen molar-refractivity contribution in [3.63, 3.8) is 0 Å². The minimum absolute atomic E-state index is 0.0471. The Labute approximate surface area is 194 Å². The number of rotatable bonds is 6. The molecule has 4 unspecified atom stereocenters. The highest BCUT2D eigenvalue weighted by Gasteiger charge is 2.52. The largest absolute Gasteiger partial charge is 0.497 e. The van der Waals surface area contributed by atoms with Crippen LogP contribution >= 0.6 is 0 Å². The summed E-state index contributed by atoms with van der Waals surface area (Å²) in [5, 5.41) is 0. The van der Waals surface area contributed by atoms with Crippen LogP contribution in [0.3, 0.4) is 0 Å². The minimum atomic E-state index is -0.461. The molecule has 1 aromatic carbocycles. The summed E-state index contributed by atoms with van der Waals surface area (Å²) in [6, 6.07) is 7.18. The highest BCUT2D eigenvalue weighted by molar-refractivity contribution is 6.11. The van der Waals surface area contributed by atoms with Crippen molar-refractivity contribution in [1.29, 1.82) is 0 Å². The fourth-order valence-electron chi connectivity index (χ4n) is 5.55. The Morgan fingerprint density at radius 3 is 2.67 bits per heavy atom. The first-order valence-electron chi connectivity index (χ1n) is 11.8. The molecule has 5 rings (SSSR count). The average molecular weight is 457 g/mol. The molecule has 1 saturated carbocycles. The number of hydrogen-bond acceptors (Lipinski definition) is 7. The van der Waals surface area contributed by atoms with Crippen LogP contribution < -0.4 is 4.74 Å². The Morgan fingerprint density at radius 1 is 1.09 bits per heavy atom. The van der Waals surface area contributed by atoms with E-state index in [1.165, 1.54) is 0 Å². The van der Waals surface area contributed by atoms with E-state index in [1.807, 2.05) is 24.3 Å². The normalized spacial score (nSPS) is 30.2. The summed E-state index contributed by atoms with van der Waals surface area (Å²) < 4.78 is 22.7. The molecule has 1 aliphatic carbocycles. The highest BCUT2D eigenvalue weighted by atomic mass is 16.5. The second kappa shape index (κ2) is 9.44. The van der Waals surface area contributed by atoms with Crippen molar-refractivity contribution in [2.24, 2.45) is 5.92 Å². The van der Waals surface area contributed by atoms with Crippen LogP contribution in [0.15, 0.2) is 35.6 Å². The maximum absolute atomic E-state index is 13.8. The van der Waals surface area contributed by atoms with Crippen molar-refractivity contribution in [2.45, 2.75) is 37.5 Å². The number of carbonyl (C=O) groups is 2. The van der Waals surface area contributed by atoms with Crippen molar-refractivity contribution in [1.82, 2.24) is 9.80 Å². The fourth-order valence-corrected chi connectivity index (χ4v) is 5.55. The molecule has 0 spiro atoms. The quantitative estimate of drug-likeness (QED) is 0.648. The topological polar surface area (TPSA) is 77.5 Å². The molecule has 4 aliphatic rings. The van der Waals surface area contributed by atoms with Crippen LogP contribution in [0, 0.1) is 5.92 Å². The molecule has 0 N–H and O–H groups in total. The summed E-state index contributed by atoms with van der Waals surface area (Å²) in [4.78, 5) is 31.5. The molecule has 3 aliphatic heterocycles. The van der Waals surface area contributed by atoms with Gasteiger partial charge in [-0.2, -0.15) is 0 Å². The lowest BCUT2D eigenvalue weighted by Gasteiger charge is -2.38. The molecule has 4 atom stereocenters. The van der Waals surface area contributed by atoms with Gasteiger partial charge in [0, 0.05) is 39.7 Å². The van der Waals surface area contributed by atoms with Crippen LogP contribution in [0.25, 0.3) is 0 Å². The van der Waals surface area contributed by atoms with Gasteiger partial charge in [-0.05, 0) is 30.5 Å². The average Bonchev–Trinajstić information content (AvgIpc) is 3.14. The van der Waals surface area contributed by atoms with E-state index in [4.69, 9.17) is 18.9 Å². The van der Waals surface area contributed by atoms with Gasteiger partial charge in [-0.1, -0.05) is 12.1 Å². The predicted octanol–water partition coefficient (Wildman–Crippen LogP) is 1.95. The van der Waals surface area contributed by atoms with E-state index in [0.717, 1.165) is 31.6 Å². The van der Waals surface area contributed by atoms with Crippen molar-refractivity contribution < 1.29 is 28.5 Å². The molecular formula is C25H32N2O6. The van der Waals surface area contributed by atoms with E-state index < -0.39 is 6.04 Å². The molecule has 3 heterocycles.